The van der Waals surface area contributed by atoms with Gasteiger partial charge in [-0.05, 0) is 25.0 Å². The number of ketones is 1. The Bertz CT molecular complexity index is 445. The Morgan fingerprint density at radius 3 is 3.00 bits per heavy atom. The molecule has 0 saturated carbocycles. The van der Waals surface area contributed by atoms with E-state index in [-0.39, 0.29) is 24.0 Å². The number of benzene rings is 1. The topological polar surface area (TPSA) is 46.2 Å². The normalized spacial score (nSPS) is 19.8. The Morgan fingerprint density at radius 2 is 2.29 bits per heavy atom. The van der Waals surface area contributed by atoms with Crippen LogP contribution in [0.3, 0.4) is 0 Å². The molecule has 1 N–H and O–H groups in total. The average Bonchev–Trinajstić information content (AvgIpc) is 2.32. The highest BCUT2D eigenvalue weighted by Crippen LogP contribution is 2.18. The van der Waals surface area contributed by atoms with E-state index in [1.807, 2.05) is 0 Å². The molecule has 4 heteroatoms. The van der Waals surface area contributed by atoms with Crippen LogP contribution in [0.1, 0.15) is 29.6 Å². The van der Waals surface area contributed by atoms with Crippen LogP contribution in [0.5, 0.6) is 0 Å². The summed E-state index contributed by atoms with van der Waals surface area (Å²) in [6.45, 7) is 0.684. The molecule has 90 valence electrons. The molecule has 0 unspecified atom stereocenters. The van der Waals surface area contributed by atoms with Gasteiger partial charge in [0.15, 0.2) is 5.78 Å². The van der Waals surface area contributed by atoms with E-state index in [1.165, 1.54) is 18.2 Å². The van der Waals surface area contributed by atoms with Gasteiger partial charge in [-0.3, -0.25) is 9.59 Å². The van der Waals surface area contributed by atoms with Gasteiger partial charge in [-0.25, -0.2) is 4.39 Å². The molecule has 1 fully saturated rings. The summed E-state index contributed by atoms with van der Waals surface area (Å²) in [6, 6.07) is 5.59. The first-order valence-electron chi connectivity index (χ1n) is 5.73. The zero-order valence-electron chi connectivity index (χ0n) is 9.41. The third-order valence-electron chi connectivity index (χ3n) is 2.98. The number of rotatable bonds is 3. The van der Waals surface area contributed by atoms with E-state index < -0.39 is 5.82 Å². The van der Waals surface area contributed by atoms with E-state index in [4.69, 9.17) is 0 Å². The Kier molecular flexibility index (Phi) is 3.52. The molecule has 0 bridgehead atoms. The van der Waals surface area contributed by atoms with Gasteiger partial charge in [0.25, 0.3) is 0 Å². The summed E-state index contributed by atoms with van der Waals surface area (Å²) < 4.78 is 13.0. The molecule has 0 aromatic heterocycles. The summed E-state index contributed by atoms with van der Waals surface area (Å²) in [6.07, 6.45) is 1.79. The highest BCUT2D eigenvalue weighted by molar-refractivity contribution is 5.98. The molecule has 0 radical (unpaired) electrons. The number of Topliss-reactive ketones (excluding diaryl/α,β-unsaturated/α-hetero) is 1. The van der Waals surface area contributed by atoms with E-state index in [0.29, 0.717) is 12.1 Å². The number of halogens is 1. The predicted molar refractivity (Wildman–Crippen MR) is 61.1 cm³/mol. The van der Waals surface area contributed by atoms with Crippen molar-refractivity contribution in [1.29, 1.82) is 0 Å². The minimum Gasteiger partial charge on any atom is -0.356 e. The Labute approximate surface area is 99.0 Å². The summed E-state index contributed by atoms with van der Waals surface area (Å²) >= 11 is 0. The maximum Gasteiger partial charge on any atom is 0.223 e. The van der Waals surface area contributed by atoms with Gasteiger partial charge in [-0.2, -0.15) is 0 Å². The van der Waals surface area contributed by atoms with Crippen molar-refractivity contribution in [1.82, 2.24) is 5.32 Å². The molecule has 2 rings (SSSR count). The lowest BCUT2D eigenvalue weighted by Crippen LogP contribution is -2.37. The van der Waals surface area contributed by atoms with Crippen molar-refractivity contribution in [2.45, 2.75) is 19.3 Å². The summed E-state index contributed by atoms with van der Waals surface area (Å²) in [4.78, 5) is 23.4. The van der Waals surface area contributed by atoms with Gasteiger partial charge in [0.05, 0.1) is 0 Å². The molecule has 1 aromatic carbocycles. The van der Waals surface area contributed by atoms with Crippen molar-refractivity contribution in [3.63, 3.8) is 0 Å². The number of nitrogens with one attached hydrogen (secondary N) is 1. The molecule has 0 spiro atoms. The molecule has 1 saturated heterocycles. The van der Waals surface area contributed by atoms with Crippen molar-refractivity contribution in [3.05, 3.63) is 35.6 Å². The summed E-state index contributed by atoms with van der Waals surface area (Å²) in [7, 11) is 0. The standard InChI is InChI=1S/C13H14FNO2/c14-11-5-1-3-9(7-11)12(16)8-10-4-2-6-15-13(10)17/h1,3,5,7,10H,2,4,6,8H2,(H,15,17)/t10-/m1/s1. The molecule has 3 nitrogen and oxygen atoms in total. The van der Waals surface area contributed by atoms with Crippen LogP contribution in [-0.4, -0.2) is 18.2 Å². The van der Waals surface area contributed by atoms with Gasteiger partial charge in [-0.15, -0.1) is 0 Å². The minimum absolute atomic E-state index is 0.0685. The fourth-order valence-corrected chi connectivity index (χ4v) is 2.03. The van der Waals surface area contributed by atoms with Crippen LogP contribution in [0.15, 0.2) is 24.3 Å². The molecule has 1 aliphatic rings. The van der Waals surface area contributed by atoms with Crippen molar-refractivity contribution < 1.29 is 14.0 Å². The second-order valence-electron chi connectivity index (χ2n) is 4.27. The Morgan fingerprint density at radius 1 is 1.47 bits per heavy atom. The van der Waals surface area contributed by atoms with Crippen molar-refractivity contribution >= 4 is 11.7 Å². The fourth-order valence-electron chi connectivity index (χ4n) is 2.03. The molecule has 1 aliphatic heterocycles. The average molecular weight is 235 g/mol. The lowest BCUT2D eigenvalue weighted by molar-refractivity contribution is -0.126. The van der Waals surface area contributed by atoms with Crippen LogP contribution in [0.4, 0.5) is 4.39 Å². The van der Waals surface area contributed by atoms with Crippen molar-refractivity contribution in [3.8, 4) is 0 Å². The van der Waals surface area contributed by atoms with Gasteiger partial charge in [-0.1, -0.05) is 12.1 Å². The fraction of sp³-hybridized carbons (Fsp3) is 0.385. The van der Waals surface area contributed by atoms with Crippen LogP contribution in [0.2, 0.25) is 0 Å². The molecule has 1 amide bonds. The molecule has 17 heavy (non-hydrogen) atoms. The lowest BCUT2D eigenvalue weighted by Gasteiger charge is -2.20. The minimum atomic E-state index is -0.427. The molecule has 1 aromatic rings. The third kappa shape index (κ3) is 2.90. The molecular weight excluding hydrogens is 221 g/mol. The van der Waals surface area contributed by atoms with E-state index in [2.05, 4.69) is 5.32 Å². The first kappa shape index (κ1) is 11.8. The number of amides is 1. The second-order valence-corrected chi connectivity index (χ2v) is 4.27. The highest BCUT2D eigenvalue weighted by Gasteiger charge is 2.24. The summed E-state index contributed by atoms with van der Waals surface area (Å²) in [5.74, 6) is -0.934. The van der Waals surface area contributed by atoms with Gasteiger partial charge in [0.2, 0.25) is 5.91 Å². The molecular formula is C13H14FNO2. The quantitative estimate of drug-likeness (QED) is 0.814. The SMILES string of the molecule is O=C(C[C@H]1CCCNC1=O)c1cccc(F)c1. The summed E-state index contributed by atoms with van der Waals surface area (Å²) in [5.41, 5.74) is 0.336. The maximum atomic E-state index is 13.0. The van der Waals surface area contributed by atoms with Crippen molar-refractivity contribution in [2.75, 3.05) is 6.54 Å². The first-order valence-corrected chi connectivity index (χ1v) is 5.73. The Hall–Kier alpha value is -1.71. The predicted octanol–water partition coefficient (Wildman–Crippen LogP) is 1.92. The number of carbonyl (C=O) groups is 2. The zero-order valence-corrected chi connectivity index (χ0v) is 9.41. The largest absolute Gasteiger partial charge is 0.356 e. The molecule has 0 aliphatic carbocycles. The van der Waals surface area contributed by atoms with Crippen LogP contribution in [-0.2, 0) is 4.79 Å². The van der Waals surface area contributed by atoms with E-state index >= 15 is 0 Å². The monoisotopic (exact) mass is 235 g/mol. The lowest BCUT2D eigenvalue weighted by atomic mass is 9.91. The van der Waals surface area contributed by atoms with Crippen LogP contribution in [0.25, 0.3) is 0 Å². The highest BCUT2D eigenvalue weighted by atomic mass is 19.1. The van der Waals surface area contributed by atoms with E-state index in [0.717, 1.165) is 12.8 Å². The third-order valence-corrected chi connectivity index (χ3v) is 2.98. The van der Waals surface area contributed by atoms with Gasteiger partial charge < -0.3 is 5.32 Å². The van der Waals surface area contributed by atoms with Gasteiger partial charge in [0, 0.05) is 24.4 Å². The number of hydrogen-bond acceptors (Lipinski definition) is 2. The number of carbonyl (C=O) groups excluding carboxylic acids is 2. The van der Waals surface area contributed by atoms with Gasteiger partial charge in [0.1, 0.15) is 5.82 Å². The van der Waals surface area contributed by atoms with Crippen molar-refractivity contribution in [2.24, 2.45) is 5.92 Å². The molecule has 1 heterocycles. The van der Waals surface area contributed by atoms with Crippen LogP contribution >= 0.6 is 0 Å². The first-order chi connectivity index (χ1) is 8.16. The Balaban J connectivity index is 2.03. The van der Waals surface area contributed by atoms with Crippen LogP contribution < -0.4 is 5.32 Å². The van der Waals surface area contributed by atoms with Crippen LogP contribution in [0, 0.1) is 11.7 Å². The number of piperidine rings is 1. The second kappa shape index (κ2) is 5.08. The van der Waals surface area contributed by atoms with E-state index in [1.54, 1.807) is 6.07 Å². The van der Waals surface area contributed by atoms with Gasteiger partial charge >= 0.3 is 0 Å². The smallest absolute Gasteiger partial charge is 0.223 e. The zero-order chi connectivity index (χ0) is 12.3. The van der Waals surface area contributed by atoms with E-state index in [9.17, 15) is 14.0 Å². The number of hydrogen-bond donors (Lipinski definition) is 1. The molecule has 1 atom stereocenters. The maximum absolute atomic E-state index is 13.0. The summed E-state index contributed by atoms with van der Waals surface area (Å²) in [5, 5.41) is 2.74.